The third kappa shape index (κ3) is 2.82. The lowest BCUT2D eigenvalue weighted by atomic mass is 10.3. The molecule has 2 aromatic heterocycles. The monoisotopic (exact) mass is 288 g/mol. The Morgan fingerprint density at radius 1 is 1.42 bits per heavy atom. The van der Waals surface area contributed by atoms with Gasteiger partial charge in [0.1, 0.15) is 11.3 Å². The molecule has 1 aliphatic rings. The predicted molar refractivity (Wildman–Crippen MR) is 64.7 cm³/mol. The molecule has 0 amide bonds. The number of alkyl halides is 3. The van der Waals surface area contributed by atoms with Crippen LogP contribution in [0.4, 0.5) is 13.2 Å². The van der Waals surface area contributed by atoms with Crippen LogP contribution in [-0.4, -0.2) is 11.0 Å². The van der Waals surface area contributed by atoms with Gasteiger partial charge in [0.2, 0.25) is 0 Å². The summed E-state index contributed by atoms with van der Waals surface area (Å²) in [6, 6.07) is 1.97. The summed E-state index contributed by atoms with van der Waals surface area (Å²) < 4.78 is 43.7. The Morgan fingerprint density at radius 3 is 2.79 bits per heavy atom. The van der Waals surface area contributed by atoms with Crippen molar-refractivity contribution in [1.29, 1.82) is 0 Å². The van der Waals surface area contributed by atoms with Gasteiger partial charge in [-0.1, -0.05) is 0 Å². The van der Waals surface area contributed by atoms with Gasteiger partial charge in [0.05, 0.1) is 11.1 Å². The van der Waals surface area contributed by atoms with Crippen molar-refractivity contribution >= 4 is 11.3 Å². The fraction of sp³-hybridized carbons (Fsp3) is 0.417. The second-order valence-electron chi connectivity index (χ2n) is 4.46. The standard InChI is InChI=1S/C12H11F3N2OS/c13-12(14,15)10-9(5-16-8-1-2-8)19-11(17-10)7-3-4-18-6-7/h3-4,6,8,16H,1-2,5H2. The first kappa shape index (κ1) is 12.7. The molecule has 1 aliphatic carbocycles. The summed E-state index contributed by atoms with van der Waals surface area (Å²) >= 11 is 1.06. The zero-order valence-electron chi connectivity index (χ0n) is 9.83. The van der Waals surface area contributed by atoms with E-state index in [2.05, 4.69) is 10.3 Å². The molecule has 1 N–H and O–H groups in total. The molecule has 2 aromatic rings. The molecule has 19 heavy (non-hydrogen) atoms. The van der Waals surface area contributed by atoms with Crippen LogP contribution < -0.4 is 5.32 Å². The van der Waals surface area contributed by atoms with Crippen molar-refractivity contribution in [1.82, 2.24) is 10.3 Å². The maximum absolute atomic E-state index is 12.9. The van der Waals surface area contributed by atoms with Crippen LogP contribution in [0.25, 0.3) is 10.6 Å². The molecule has 0 radical (unpaired) electrons. The average molecular weight is 288 g/mol. The van der Waals surface area contributed by atoms with Crippen LogP contribution in [-0.2, 0) is 12.7 Å². The fourth-order valence-electron chi connectivity index (χ4n) is 1.73. The Bertz CT molecular complexity index is 558. The van der Waals surface area contributed by atoms with E-state index in [4.69, 9.17) is 4.42 Å². The molecule has 0 aliphatic heterocycles. The summed E-state index contributed by atoms with van der Waals surface area (Å²) in [6.45, 7) is 0.217. The molecule has 0 bridgehead atoms. The van der Waals surface area contributed by atoms with E-state index in [0.29, 0.717) is 16.6 Å². The van der Waals surface area contributed by atoms with Gasteiger partial charge in [-0.3, -0.25) is 0 Å². The van der Waals surface area contributed by atoms with Crippen molar-refractivity contribution in [2.75, 3.05) is 0 Å². The number of hydrogen-bond acceptors (Lipinski definition) is 4. The largest absolute Gasteiger partial charge is 0.472 e. The van der Waals surface area contributed by atoms with Gasteiger partial charge in [-0.25, -0.2) is 4.98 Å². The molecule has 3 rings (SSSR count). The summed E-state index contributed by atoms with van der Waals surface area (Å²) in [5.41, 5.74) is -0.213. The Kier molecular flexibility index (Phi) is 3.10. The highest BCUT2D eigenvalue weighted by molar-refractivity contribution is 7.15. The number of furan rings is 1. The fourth-order valence-corrected chi connectivity index (χ4v) is 2.75. The third-order valence-electron chi connectivity index (χ3n) is 2.86. The summed E-state index contributed by atoms with van der Waals surface area (Å²) in [4.78, 5) is 3.95. The smallest absolute Gasteiger partial charge is 0.434 e. The van der Waals surface area contributed by atoms with Crippen LogP contribution in [0.5, 0.6) is 0 Å². The van der Waals surface area contributed by atoms with Gasteiger partial charge in [-0.2, -0.15) is 13.2 Å². The lowest BCUT2D eigenvalue weighted by Crippen LogP contribution is -2.18. The summed E-state index contributed by atoms with van der Waals surface area (Å²) in [5, 5.41) is 3.43. The molecule has 0 spiro atoms. The van der Waals surface area contributed by atoms with Gasteiger partial charge in [0.15, 0.2) is 5.69 Å². The number of halogens is 3. The summed E-state index contributed by atoms with van der Waals surface area (Å²) in [7, 11) is 0. The van der Waals surface area contributed by atoms with Crippen molar-refractivity contribution in [2.45, 2.75) is 31.6 Å². The molecule has 0 saturated heterocycles. The quantitative estimate of drug-likeness (QED) is 0.932. The lowest BCUT2D eigenvalue weighted by molar-refractivity contribution is -0.141. The van der Waals surface area contributed by atoms with E-state index in [-0.39, 0.29) is 11.4 Å². The van der Waals surface area contributed by atoms with Crippen LogP contribution in [0.1, 0.15) is 23.4 Å². The first-order chi connectivity index (χ1) is 9.04. The second-order valence-corrected chi connectivity index (χ2v) is 5.54. The van der Waals surface area contributed by atoms with Crippen LogP contribution >= 0.6 is 11.3 Å². The van der Waals surface area contributed by atoms with E-state index in [9.17, 15) is 13.2 Å². The van der Waals surface area contributed by atoms with Crippen LogP contribution in [0.15, 0.2) is 23.0 Å². The molecule has 1 fully saturated rings. The van der Waals surface area contributed by atoms with Gasteiger partial charge in [-0.05, 0) is 18.9 Å². The van der Waals surface area contributed by atoms with Gasteiger partial charge in [0.25, 0.3) is 0 Å². The molecule has 0 atom stereocenters. The van der Waals surface area contributed by atoms with Crippen molar-refractivity contribution in [3.8, 4) is 10.6 Å². The van der Waals surface area contributed by atoms with Gasteiger partial charge in [-0.15, -0.1) is 11.3 Å². The molecule has 1 saturated carbocycles. The highest BCUT2D eigenvalue weighted by Gasteiger charge is 2.38. The molecule has 102 valence electrons. The van der Waals surface area contributed by atoms with Crippen molar-refractivity contribution in [3.63, 3.8) is 0 Å². The SMILES string of the molecule is FC(F)(F)c1nc(-c2ccoc2)sc1CNC1CC1. The minimum absolute atomic E-state index is 0.217. The number of nitrogens with zero attached hydrogens (tertiary/aromatic N) is 1. The minimum Gasteiger partial charge on any atom is -0.472 e. The highest BCUT2D eigenvalue weighted by atomic mass is 32.1. The number of hydrogen-bond donors (Lipinski definition) is 1. The van der Waals surface area contributed by atoms with Crippen molar-refractivity contribution < 1.29 is 17.6 Å². The Labute approximate surface area is 111 Å². The first-order valence-electron chi connectivity index (χ1n) is 5.87. The molecule has 0 unspecified atom stereocenters. The summed E-state index contributed by atoms with van der Waals surface area (Å²) in [6.07, 6.45) is 0.478. The zero-order valence-corrected chi connectivity index (χ0v) is 10.6. The number of aromatic nitrogens is 1. The van der Waals surface area contributed by atoms with Crippen LogP contribution in [0.3, 0.4) is 0 Å². The third-order valence-corrected chi connectivity index (χ3v) is 3.97. The molecule has 2 heterocycles. The van der Waals surface area contributed by atoms with Gasteiger partial charge in [0, 0.05) is 18.2 Å². The molecular formula is C12H11F3N2OS. The predicted octanol–water partition coefficient (Wildman–Crippen LogP) is 3.67. The minimum atomic E-state index is -4.42. The molecule has 3 nitrogen and oxygen atoms in total. The second kappa shape index (κ2) is 4.64. The average Bonchev–Trinajstić information content (AvgIpc) is 2.87. The highest BCUT2D eigenvalue weighted by Crippen LogP contribution is 2.38. The number of thiazole rings is 1. The van der Waals surface area contributed by atoms with Crippen molar-refractivity contribution in [3.05, 3.63) is 29.2 Å². The van der Waals surface area contributed by atoms with E-state index in [1.165, 1.54) is 12.5 Å². The summed E-state index contributed by atoms with van der Waals surface area (Å²) in [5.74, 6) is 0. The topological polar surface area (TPSA) is 38.1 Å². The normalized spacial score (nSPS) is 15.9. The van der Waals surface area contributed by atoms with E-state index < -0.39 is 11.9 Å². The maximum Gasteiger partial charge on any atom is 0.434 e. The Balaban J connectivity index is 1.90. The van der Waals surface area contributed by atoms with Gasteiger partial charge < -0.3 is 9.73 Å². The van der Waals surface area contributed by atoms with E-state index in [1.54, 1.807) is 6.07 Å². The van der Waals surface area contributed by atoms with Crippen LogP contribution in [0, 0.1) is 0 Å². The first-order valence-corrected chi connectivity index (χ1v) is 6.68. The lowest BCUT2D eigenvalue weighted by Gasteiger charge is -2.06. The van der Waals surface area contributed by atoms with Crippen LogP contribution in [0.2, 0.25) is 0 Å². The Hall–Kier alpha value is -1.34. The Morgan fingerprint density at radius 2 is 2.21 bits per heavy atom. The van der Waals surface area contributed by atoms with E-state index in [1.807, 2.05) is 0 Å². The zero-order chi connectivity index (χ0) is 13.5. The van der Waals surface area contributed by atoms with Crippen molar-refractivity contribution in [2.24, 2.45) is 0 Å². The van der Waals surface area contributed by atoms with E-state index in [0.717, 1.165) is 24.2 Å². The number of rotatable bonds is 4. The maximum atomic E-state index is 12.9. The molecule has 0 aromatic carbocycles. The van der Waals surface area contributed by atoms with Gasteiger partial charge >= 0.3 is 6.18 Å². The number of nitrogens with one attached hydrogen (secondary N) is 1. The van der Waals surface area contributed by atoms with E-state index >= 15 is 0 Å². The molecular weight excluding hydrogens is 277 g/mol. The molecule has 7 heteroatoms.